The Morgan fingerprint density at radius 2 is 1.76 bits per heavy atom. The predicted molar refractivity (Wildman–Crippen MR) is 92.8 cm³/mol. The monoisotopic (exact) mass is 338 g/mol. The molecule has 0 saturated carbocycles. The van der Waals surface area contributed by atoms with E-state index in [0.717, 1.165) is 10.9 Å². The molecule has 3 aromatic rings. The van der Waals surface area contributed by atoms with E-state index in [1.807, 2.05) is 24.3 Å². The van der Waals surface area contributed by atoms with Crippen LogP contribution in [-0.2, 0) is 9.53 Å². The zero-order valence-corrected chi connectivity index (χ0v) is 14.0. The molecule has 0 amide bonds. The molecule has 0 radical (unpaired) electrons. The molecule has 0 spiro atoms. The summed E-state index contributed by atoms with van der Waals surface area (Å²) in [6, 6.07) is 14.6. The van der Waals surface area contributed by atoms with Gasteiger partial charge in [0.25, 0.3) is 0 Å². The van der Waals surface area contributed by atoms with Crippen LogP contribution in [0.5, 0.6) is 17.4 Å². The Morgan fingerprint density at radius 1 is 1.04 bits per heavy atom. The Hall–Kier alpha value is -3.15. The third-order valence-corrected chi connectivity index (χ3v) is 3.48. The van der Waals surface area contributed by atoms with Crippen LogP contribution in [0.25, 0.3) is 10.9 Å². The van der Waals surface area contributed by atoms with Gasteiger partial charge in [0.05, 0.1) is 17.5 Å². The first kappa shape index (κ1) is 16.7. The minimum Gasteiger partial charge on any atom is -0.479 e. The fourth-order valence-electron chi connectivity index (χ4n) is 2.27. The lowest BCUT2D eigenvalue weighted by atomic mass is 10.2. The highest BCUT2D eigenvalue weighted by Crippen LogP contribution is 2.27. The van der Waals surface area contributed by atoms with Crippen LogP contribution >= 0.6 is 0 Å². The number of para-hydroxylation sites is 1. The van der Waals surface area contributed by atoms with Gasteiger partial charge in [-0.3, -0.25) is 0 Å². The molecule has 25 heavy (non-hydrogen) atoms. The lowest BCUT2D eigenvalue weighted by Crippen LogP contribution is -2.25. The highest BCUT2D eigenvalue weighted by molar-refractivity contribution is 5.83. The maximum absolute atomic E-state index is 11.6. The van der Waals surface area contributed by atoms with Crippen molar-refractivity contribution in [2.45, 2.75) is 20.0 Å². The van der Waals surface area contributed by atoms with Crippen LogP contribution < -0.4 is 9.47 Å². The van der Waals surface area contributed by atoms with Crippen LogP contribution in [0, 0.1) is 0 Å². The average molecular weight is 338 g/mol. The average Bonchev–Trinajstić information content (AvgIpc) is 2.64. The number of esters is 1. The van der Waals surface area contributed by atoms with Gasteiger partial charge in [-0.05, 0) is 50.2 Å². The zero-order valence-electron chi connectivity index (χ0n) is 14.0. The van der Waals surface area contributed by atoms with Crippen molar-refractivity contribution in [1.29, 1.82) is 0 Å². The number of carbonyl (C=O) groups is 1. The molecule has 2 aromatic carbocycles. The SMILES string of the molecule is CCOC(=O)C(C)Oc1ccc(Oc2ncnc3ccccc23)cc1. The topological polar surface area (TPSA) is 70.5 Å². The van der Waals surface area contributed by atoms with Gasteiger partial charge < -0.3 is 14.2 Å². The van der Waals surface area contributed by atoms with Crippen molar-refractivity contribution in [2.75, 3.05) is 6.61 Å². The molecule has 6 heteroatoms. The highest BCUT2D eigenvalue weighted by atomic mass is 16.6. The van der Waals surface area contributed by atoms with Crippen molar-refractivity contribution in [3.8, 4) is 17.4 Å². The minimum absolute atomic E-state index is 0.326. The van der Waals surface area contributed by atoms with Crippen LogP contribution in [0.2, 0.25) is 0 Å². The summed E-state index contributed by atoms with van der Waals surface area (Å²) in [5.41, 5.74) is 0.815. The number of rotatable bonds is 6. The van der Waals surface area contributed by atoms with E-state index in [2.05, 4.69) is 9.97 Å². The van der Waals surface area contributed by atoms with Crippen LogP contribution in [0.3, 0.4) is 0 Å². The van der Waals surface area contributed by atoms with Gasteiger partial charge in [0.2, 0.25) is 5.88 Å². The normalized spacial score (nSPS) is 11.8. The van der Waals surface area contributed by atoms with E-state index in [1.54, 1.807) is 38.1 Å². The number of carbonyl (C=O) groups excluding carboxylic acids is 1. The minimum atomic E-state index is -0.669. The van der Waals surface area contributed by atoms with Crippen molar-refractivity contribution in [1.82, 2.24) is 9.97 Å². The summed E-state index contributed by atoms with van der Waals surface area (Å²) in [4.78, 5) is 20.0. The Kier molecular flexibility index (Phi) is 5.09. The number of hydrogen-bond acceptors (Lipinski definition) is 6. The van der Waals surface area contributed by atoms with Crippen molar-refractivity contribution >= 4 is 16.9 Å². The van der Waals surface area contributed by atoms with Crippen molar-refractivity contribution in [3.05, 3.63) is 54.9 Å². The van der Waals surface area contributed by atoms with E-state index in [0.29, 0.717) is 24.0 Å². The van der Waals surface area contributed by atoms with Crippen LogP contribution in [0.15, 0.2) is 54.9 Å². The van der Waals surface area contributed by atoms with Crippen LogP contribution in [0.1, 0.15) is 13.8 Å². The summed E-state index contributed by atoms with van der Waals surface area (Å²) < 4.78 is 16.3. The molecule has 0 fully saturated rings. The number of ether oxygens (including phenoxy) is 3. The highest BCUT2D eigenvalue weighted by Gasteiger charge is 2.15. The molecule has 128 valence electrons. The van der Waals surface area contributed by atoms with Crippen molar-refractivity contribution < 1.29 is 19.0 Å². The lowest BCUT2D eigenvalue weighted by Gasteiger charge is -2.13. The second-order valence-corrected chi connectivity index (χ2v) is 5.28. The molecule has 1 unspecified atom stereocenters. The van der Waals surface area contributed by atoms with E-state index in [-0.39, 0.29) is 0 Å². The van der Waals surface area contributed by atoms with Crippen LogP contribution in [0.4, 0.5) is 0 Å². The fraction of sp³-hybridized carbons (Fsp3) is 0.211. The van der Waals surface area contributed by atoms with E-state index in [1.165, 1.54) is 6.33 Å². The van der Waals surface area contributed by atoms with E-state index in [4.69, 9.17) is 14.2 Å². The third kappa shape index (κ3) is 4.03. The van der Waals surface area contributed by atoms with Gasteiger partial charge in [0, 0.05) is 0 Å². The maximum atomic E-state index is 11.6. The number of hydrogen-bond donors (Lipinski definition) is 0. The Balaban J connectivity index is 1.71. The first-order valence-corrected chi connectivity index (χ1v) is 7.98. The number of nitrogens with zero attached hydrogens (tertiary/aromatic N) is 2. The van der Waals surface area contributed by atoms with E-state index < -0.39 is 12.1 Å². The number of aromatic nitrogens is 2. The number of benzene rings is 2. The van der Waals surface area contributed by atoms with Gasteiger partial charge in [-0.2, -0.15) is 0 Å². The quantitative estimate of drug-likeness (QED) is 0.638. The molecule has 3 rings (SSSR count). The number of fused-ring (bicyclic) bond motifs is 1. The first-order valence-electron chi connectivity index (χ1n) is 7.98. The Morgan fingerprint density at radius 3 is 2.52 bits per heavy atom. The summed E-state index contributed by atoms with van der Waals surface area (Å²) in [6.07, 6.45) is 0.799. The van der Waals surface area contributed by atoms with Crippen molar-refractivity contribution in [3.63, 3.8) is 0 Å². The van der Waals surface area contributed by atoms with Gasteiger partial charge in [0.15, 0.2) is 6.10 Å². The standard InChI is InChI=1S/C19H18N2O4/c1-3-23-19(22)13(2)24-14-8-10-15(11-9-14)25-18-16-6-4-5-7-17(16)20-12-21-18/h4-13H,3H2,1-2H3. The molecular formula is C19H18N2O4. The van der Waals surface area contributed by atoms with Gasteiger partial charge >= 0.3 is 5.97 Å². The summed E-state index contributed by atoms with van der Waals surface area (Å²) in [7, 11) is 0. The maximum Gasteiger partial charge on any atom is 0.347 e. The summed E-state index contributed by atoms with van der Waals surface area (Å²) in [5.74, 6) is 1.26. The largest absolute Gasteiger partial charge is 0.479 e. The molecule has 0 aliphatic carbocycles. The van der Waals surface area contributed by atoms with Crippen molar-refractivity contribution in [2.24, 2.45) is 0 Å². The van der Waals surface area contributed by atoms with E-state index in [9.17, 15) is 4.79 Å². The predicted octanol–water partition coefficient (Wildman–Crippen LogP) is 3.75. The fourth-order valence-corrected chi connectivity index (χ4v) is 2.27. The molecule has 0 N–H and O–H groups in total. The van der Waals surface area contributed by atoms with Gasteiger partial charge in [-0.25, -0.2) is 14.8 Å². The lowest BCUT2D eigenvalue weighted by molar-refractivity contribution is -0.150. The Labute approximate surface area is 145 Å². The molecule has 1 heterocycles. The third-order valence-electron chi connectivity index (χ3n) is 3.48. The molecular weight excluding hydrogens is 320 g/mol. The second-order valence-electron chi connectivity index (χ2n) is 5.28. The summed E-state index contributed by atoms with van der Waals surface area (Å²) >= 11 is 0. The molecule has 6 nitrogen and oxygen atoms in total. The van der Waals surface area contributed by atoms with Gasteiger partial charge in [-0.15, -0.1) is 0 Å². The summed E-state index contributed by atoms with van der Waals surface area (Å²) in [5, 5.41) is 0.834. The van der Waals surface area contributed by atoms with Crippen LogP contribution in [-0.4, -0.2) is 28.6 Å². The first-order chi connectivity index (χ1) is 12.2. The molecule has 1 aromatic heterocycles. The van der Waals surface area contributed by atoms with Gasteiger partial charge in [0.1, 0.15) is 17.8 Å². The second kappa shape index (κ2) is 7.61. The molecule has 1 atom stereocenters. The molecule has 0 bridgehead atoms. The summed E-state index contributed by atoms with van der Waals surface area (Å²) in [6.45, 7) is 3.73. The van der Waals surface area contributed by atoms with E-state index >= 15 is 0 Å². The zero-order chi connectivity index (χ0) is 17.6. The molecule has 0 saturated heterocycles. The smallest absolute Gasteiger partial charge is 0.347 e. The Bertz CT molecular complexity index is 859. The molecule has 0 aliphatic rings. The van der Waals surface area contributed by atoms with Gasteiger partial charge in [-0.1, -0.05) is 12.1 Å². The molecule has 0 aliphatic heterocycles.